The molecule has 156 valence electrons. The van der Waals surface area contributed by atoms with Crippen molar-refractivity contribution in [2.24, 2.45) is 0 Å². The molecule has 30 heavy (non-hydrogen) atoms. The van der Waals surface area contributed by atoms with Crippen LogP contribution in [0.3, 0.4) is 0 Å². The number of nitrogens with one attached hydrogen (secondary N) is 1. The van der Waals surface area contributed by atoms with Crippen LogP contribution in [0, 0.1) is 6.92 Å². The van der Waals surface area contributed by atoms with Crippen LogP contribution >= 0.6 is 39.3 Å². The summed E-state index contributed by atoms with van der Waals surface area (Å²) in [5, 5.41) is 12.3. The van der Waals surface area contributed by atoms with Gasteiger partial charge in [-0.1, -0.05) is 57.5 Å². The number of anilines is 1. The Morgan fingerprint density at radius 2 is 2.17 bits per heavy atom. The van der Waals surface area contributed by atoms with Crippen LogP contribution < -0.4 is 10.1 Å². The summed E-state index contributed by atoms with van der Waals surface area (Å²) >= 11 is 10.8. The van der Waals surface area contributed by atoms with E-state index in [0.717, 1.165) is 15.8 Å². The Bertz CT molecular complexity index is 1060. The molecule has 3 rings (SSSR count). The minimum absolute atomic E-state index is 0.167. The monoisotopic (exact) mass is 506 g/mol. The van der Waals surface area contributed by atoms with Crippen LogP contribution in [0.4, 0.5) is 5.69 Å². The van der Waals surface area contributed by atoms with E-state index in [4.69, 9.17) is 16.3 Å². The van der Waals surface area contributed by atoms with Crippen molar-refractivity contribution in [3.63, 3.8) is 0 Å². The summed E-state index contributed by atoms with van der Waals surface area (Å²) in [6.07, 6.45) is 1.76. The predicted molar refractivity (Wildman–Crippen MR) is 124 cm³/mol. The van der Waals surface area contributed by atoms with Crippen LogP contribution in [0.2, 0.25) is 5.02 Å². The normalized spacial score (nSPS) is 10.6. The van der Waals surface area contributed by atoms with Gasteiger partial charge >= 0.3 is 0 Å². The Balaban J connectivity index is 1.62. The van der Waals surface area contributed by atoms with Gasteiger partial charge in [0.15, 0.2) is 11.0 Å². The maximum absolute atomic E-state index is 12.3. The average molecular weight is 508 g/mol. The molecular formula is C21H20BrClN4O2S. The number of aryl methyl sites for hydroxylation is 1. The lowest BCUT2D eigenvalue weighted by molar-refractivity contribution is -0.113. The van der Waals surface area contributed by atoms with E-state index in [1.807, 2.05) is 41.8 Å². The molecule has 0 radical (unpaired) electrons. The number of amides is 1. The SMILES string of the molecule is C=CCn1c(COc2cccc(C)c2)nnc1SCC(=O)Nc1ccc(Br)cc1Cl. The van der Waals surface area contributed by atoms with E-state index in [1.165, 1.54) is 11.8 Å². The van der Waals surface area contributed by atoms with Gasteiger partial charge in [-0.25, -0.2) is 0 Å². The first-order valence-electron chi connectivity index (χ1n) is 9.06. The third-order valence-corrected chi connectivity index (χ3v) is 5.77. The second-order valence-corrected chi connectivity index (χ2v) is 8.63. The minimum atomic E-state index is -0.185. The third kappa shape index (κ3) is 6.10. The van der Waals surface area contributed by atoms with Gasteiger partial charge < -0.3 is 10.1 Å². The number of carbonyl (C=O) groups is 1. The molecule has 0 spiro atoms. The topological polar surface area (TPSA) is 69.0 Å². The zero-order chi connectivity index (χ0) is 21.5. The maximum atomic E-state index is 12.3. The smallest absolute Gasteiger partial charge is 0.234 e. The fraction of sp³-hybridized carbons (Fsp3) is 0.190. The number of benzene rings is 2. The van der Waals surface area contributed by atoms with Crippen molar-refractivity contribution in [3.8, 4) is 5.75 Å². The third-order valence-electron chi connectivity index (χ3n) is 4.00. The second-order valence-electron chi connectivity index (χ2n) is 6.36. The lowest BCUT2D eigenvalue weighted by atomic mass is 10.2. The molecule has 0 atom stereocenters. The maximum Gasteiger partial charge on any atom is 0.234 e. The predicted octanol–water partition coefficient (Wildman–Crippen LogP) is 5.50. The van der Waals surface area contributed by atoms with Crippen molar-refractivity contribution < 1.29 is 9.53 Å². The molecule has 0 saturated carbocycles. The van der Waals surface area contributed by atoms with Crippen LogP contribution in [0.15, 0.2) is 64.7 Å². The van der Waals surface area contributed by atoms with Gasteiger partial charge in [0.1, 0.15) is 12.4 Å². The highest BCUT2D eigenvalue weighted by atomic mass is 79.9. The van der Waals surface area contributed by atoms with Crippen molar-refractivity contribution in [3.05, 3.63) is 76.0 Å². The Labute approximate surface area is 192 Å². The molecule has 0 aliphatic rings. The first-order chi connectivity index (χ1) is 14.5. The van der Waals surface area contributed by atoms with Crippen molar-refractivity contribution >= 4 is 50.9 Å². The van der Waals surface area contributed by atoms with E-state index < -0.39 is 0 Å². The van der Waals surface area contributed by atoms with Crippen molar-refractivity contribution in [2.45, 2.75) is 25.2 Å². The Kier molecular flexibility index (Phi) is 7.95. The van der Waals surface area contributed by atoms with Crippen molar-refractivity contribution in [1.82, 2.24) is 14.8 Å². The summed E-state index contributed by atoms with van der Waals surface area (Å²) in [6.45, 7) is 6.58. The van der Waals surface area contributed by atoms with E-state index >= 15 is 0 Å². The molecule has 0 saturated heterocycles. The number of carbonyl (C=O) groups excluding carboxylic acids is 1. The van der Waals surface area contributed by atoms with Crippen molar-refractivity contribution in [1.29, 1.82) is 0 Å². The molecule has 0 fully saturated rings. The highest BCUT2D eigenvalue weighted by Gasteiger charge is 2.15. The summed E-state index contributed by atoms with van der Waals surface area (Å²) in [5.41, 5.74) is 1.68. The van der Waals surface area contributed by atoms with Crippen LogP contribution in [0.25, 0.3) is 0 Å². The fourth-order valence-corrected chi connectivity index (χ4v) is 4.09. The number of ether oxygens (including phenoxy) is 1. The largest absolute Gasteiger partial charge is 0.486 e. The van der Waals surface area contributed by atoms with E-state index in [-0.39, 0.29) is 18.3 Å². The first kappa shape index (κ1) is 22.4. The molecule has 1 amide bonds. The quantitative estimate of drug-likeness (QED) is 0.306. The summed E-state index contributed by atoms with van der Waals surface area (Å²) in [5.74, 6) is 1.41. The zero-order valence-corrected chi connectivity index (χ0v) is 19.4. The number of hydrogen-bond donors (Lipinski definition) is 1. The molecule has 1 aromatic heterocycles. The number of aromatic nitrogens is 3. The Morgan fingerprint density at radius 3 is 2.90 bits per heavy atom. The van der Waals surface area contributed by atoms with Gasteiger partial charge in [-0.3, -0.25) is 9.36 Å². The molecule has 2 aromatic carbocycles. The van der Waals surface area contributed by atoms with Crippen LogP contribution in [-0.2, 0) is 17.9 Å². The molecule has 9 heteroatoms. The number of nitrogens with zero attached hydrogens (tertiary/aromatic N) is 3. The molecule has 1 N–H and O–H groups in total. The van der Waals surface area contributed by atoms with Gasteiger partial charge in [-0.2, -0.15) is 0 Å². The lowest BCUT2D eigenvalue weighted by Crippen LogP contribution is -2.15. The lowest BCUT2D eigenvalue weighted by Gasteiger charge is -2.10. The summed E-state index contributed by atoms with van der Waals surface area (Å²) in [7, 11) is 0. The van der Waals surface area contributed by atoms with Gasteiger partial charge in [-0.15, -0.1) is 16.8 Å². The summed E-state index contributed by atoms with van der Waals surface area (Å²) < 4.78 is 8.56. The standard InChI is InChI=1S/C21H20BrClN4O2S/c1-3-9-27-19(12-29-16-6-4-5-14(2)10-16)25-26-21(27)30-13-20(28)24-18-8-7-15(22)11-17(18)23/h3-8,10-11H,1,9,12-13H2,2H3,(H,24,28). The Morgan fingerprint density at radius 1 is 1.33 bits per heavy atom. The van der Waals surface area contributed by atoms with Gasteiger partial charge in [0.05, 0.1) is 16.5 Å². The van der Waals surface area contributed by atoms with Gasteiger partial charge in [0.2, 0.25) is 5.91 Å². The Hall–Kier alpha value is -2.29. The molecule has 0 aliphatic heterocycles. The second kappa shape index (κ2) is 10.7. The van der Waals surface area contributed by atoms with Crippen molar-refractivity contribution in [2.75, 3.05) is 11.1 Å². The zero-order valence-electron chi connectivity index (χ0n) is 16.3. The van der Waals surface area contributed by atoms with Crippen LogP contribution in [-0.4, -0.2) is 26.4 Å². The molecule has 6 nitrogen and oxygen atoms in total. The van der Waals surface area contributed by atoms with E-state index in [9.17, 15) is 4.79 Å². The summed E-state index contributed by atoms with van der Waals surface area (Å²) in [4.78, 5) is 12.3. The van der Waals surface area contributed by atoms with Crippen LogP contribution in [0.5, 0.6) is 5.75 Å². The van der Waals surface area contributed by atoms with Gasteiger partial charge in [0.25, 0.3) is 0 Å². The molecule has 0 bridgehead atoms. The number of thioether (sulfide) groups is 1. The number of allylic oxidation sites excluding steroid dienone is 1. The molecule has 0 unspecified atom stereocenters. The van der Waals surface area contributed by atoms with Gasteiger partial charge in [0, 0.05) is 11.0 Å². The van der Waals surface area contributed by atoms with E-state index in [1.54, 1.807) is 18.2 Å². The fourth-order valence-electron chi connectivity index (χ4n) is 2.61. The first-order valence-corrected chi connectivity index (χ1v) is 11.2. The van der Waals surface area contributed by atoms with Gasteiger partial charge in [-0.05, 0) is 42.8 Å². The van der Waals surface area contributed by atoms with E-state index in [2.05, 4.69) is 38.0 Å². The molecule has 1 heterocycles. The molecular weight excluding hydrogens is 488 g/mol. The highest BCUT2D eigenvalue weighted by Crippen LogP contribution is 2.26. The highest BCUT2D eigenvalue weighted by molar-refractivity contribution is 9.10. The van der Waals surface area contributed by atoms with Crippen LogP contribution in [0.1, 0.15) is 11.4 Å². The molecule has 3 aromatic rings. The molecule has 0 aliphatic carbocycles. The minimum Gasteiger partial charge on any atom is -0.486 e. The van der Waals surface area contributed by atoms with E-state index in [0.29, 0.717) is 28.2 Å². The number of rotatable bonds is 9. The number of halogens is 2. The average Bonchev–Trinajstić information content (AvgIpc) is 3.09. The number of hydrogen-bond acceptors (Lipinski definition) is 5. The summed E-state index contributed by atoms with van der Waals surface area (Å²) in [6, 6.07) is 13.1.